The van der Waals surface area contributed by atoms with Gasteiger partial charge < -0.3 is 0 Å². The average molecular weight is 276 g/mol. The molecule has 5 nitrogen and oxygen atoms in total. The van der Waals surface area contributed by atoms with Crippen molar-refractivity contribution in [1.82, 2.24) is 4.98 Å². The number of aromatic nitrogens is 1. The molecule has 0 atom stereocenters. The van der Waals surface area contributed by atoms with E-state index < -0.39 is 10.7 Å². The predicted octanol–water partition coefficient (Wildman–Crippen LogP) is 3.19. The number of ketones is 1. The molecule has 0 N–H and O–H groups in total. The summed E-state index contributed by atoms with van der Waals surface area (Å²) in [5.41, 5.74) is -0.0226. The number of hydrogen-bond acceptors (Lipinski definition) is 4. The summed E-state index contributed by atoms with van der Waals surface area (Å²) in [6.07, 6.45) is 2.37. The van der Waals surface area contributed by atoms with Crippen molar-refractivity contribution in [3.05, 3.63) is 45.9 Å². The first kappa shape index (κ1) is 14.0. The molecule has 0 saturated heterocycles. The highest BCUT2D eigenvalue weighted by Gasteiger charge is 2.21. The van der Waals surface area contributed by atoms with Crippen LogP contribution in [0.25, 0.3) is 10.9 Å². The van der Waals surface area contributed by atoms with Crippen LogP contribution in [0.2, 0.25) is 0 Å². The minimum atomic E-state index is -0.757. The summed E-state index contributed by atoms with van der Waals surface area (Å²) in [5, 5.41) is 11.2. The Morgan fingerprint density at radius 1 is 1.50 bits per heavy atom. The van der Waals surface area contributed by atoms with Gasteiger partial charge in [-0.1, -0.05) is 6.92 Å². The van der Waals surface area contributed by atoms with Gasteiger partial charge in [-0.05, 0) is 18.6 Å². The number of halogens is 1. The van der Waals surface area contributed by atoms with E-state index in [0.29, 0.717) is 12.8 Å². The third kappa shape index (κ3) is 2.64. The van der Waals surface area contributed by atoms with E-state index in [9.17, 15) is 19.3 Å². The van der Waals surface area contributed by atoms with Crippen LogP contribution in [0.5, 0.6) is 0 Å². The zero-order valence-electron chi connectivity index (χ0n) is 10.9. The molecule has 0 unspecified atom stereocenters. The molecule has 0 spiro atoms. The second-order valence-electron chi connectivity index (χ2n) is 4.48. The van der Waals surface area contributed by atoms with Gasteiger partial charge in [0.05, 0.1) is 21.9 Å². The lowest BCUT2D eigenvalue weighted by Crippen LogP contribution is -2.06. The molecule has 0 radical (unpaired) electrons. The van der Waals surface area contributed by atoms with E-state index in [1.54, 1.807) is 6.07 Å². The smallest absolute Gasteiger partial charge is 0.281 e. The second-order valence-corrected chi connectivity index (χ2v) is 4.48. The molecule has 0 fully saturated rings. The van der Waals surface area contributed by atoms with Crippen LogP contribution in [0.15, 0.2) is 24.4 Å². The van der Waals surface area contributed by atoms with Gasteiger partial charge in [0.15, 0.2) is 0 Å². The van der Waals surface area contributed by atoms with Crippen LogP contribution >= 0.6 is 0 Å². The Balaban J connectivity index is 2.61. The Bertz CT molecular complexity index is 685. The minimum absolute atomic E-state index is 0.0921. The molecule has 0 aliphatic carbocycles. The van der Waals surface area contributed by atoms with Gasteiger partial charge in [-0.25, -0.2) is 4.39 Å². The first-order valence-corrected chi connectivity index (χ1v) is 6.26. The Morgan fingerprint density at radius 2 is 2.25 bits per heavy atom. The van der Waals surface area contributed by atoms with Gasteiger partial charge in [0.2, 0.25) is 0 Å². The first-order valence-electron chi connectivity index (χ1n) is 6.26. The third-order valence-corrected chi connectivity index (χ3v) is 3.02. The molecule has 1 aromatic carbocycles. The number of nitro groups is 1. The van der Waals surface area contributed by atoms with E-state index in [0.717, 1.165) is 6.07 Å². The van der Waals surface area contributed by atoms with Crippen LogP contribution in [0.1, 0.15) is 25.3 Å². The maximum absolute atomic E-state index is 14.0. The van der Waals surface area contributed by atoms with E-state index in [-0.39, 0.29) is 34.4 Å². The Hall–Kier alpha value is -2.37. The lowest BCUT2D eigenvalue weighted by atomic mass is 10.0. The molecular formula is C14H13FN2O3. The van der Waals surface area contributed by atoms with Crippen molar-refractivity contribution in [2.24, 2.45) is 0 Å². The largest absolute Gasteiger partial charge is 0.299 e. The van der Waals surface area contributed by atoms with Crippen molar-refractivity contribution >= 4 is 22.4 Å². The lowest BCUT2D eigenvalue weighted by molar-refractivity contribution is -0.383. The molecule has 104 valence electrons. The molecule has 6 heteroatoms. The van der Waals surface area contributed by atoms with Gasteiger partial charge in [0.25, 0.3) is 5.69 Å². The molecule has 1 aromatic heterocycles. The molecular weight excluding hydrogens is 263 g/mol. The fourth-order valence-corrected chi connectivity index (χ4v) is 2.13. The molecule has 0 saturated carbocycles. The summed E-state index contributed by atoms with van der Waals surface area (Å²) >= 11 is 0. The standard InChI is InChI=1S/C14H13FN2O3/c1-2-4-9(18)7-11-12(15)8-13(17(19)20)10-5-3-6-16-14(10)11/h3,5-6,8H,2,4,7H2,1H3. The van der Waals surface area contributed by atoms with Crippen LogP contribution in [-0.2, 0) is 11.2 Å². The summed E-state index contributed by atoms with van der Waals surface area (Å²) in [6.45, 7) is 1.86. The molecule has 2 rings (SSSR count). The van der Waals surface area contributed by atoms with Crippen LogP contribution in [0, 0.1) is 15.9 Å². The van der Waals surface area contributed by atoms with Gasteiger partial charge in [-0.2, -0.15) is 0 Å². The van der Waals surface area contributed by atoms with E-state index in [1.807, 2.05) is 6.92 Å². The number of Topliss-reactive ketones (excluding diaryl/α,β-unsaturated/α-hetero) is 1. The number of non-ortho nitro benzene ring substituents is 1. The second kappa shape index (κ2) is 5.73. The average Bonchev–Trinajstić information content (AvgIpc) is 2.41. The number of hydrogen-bond donors (Lipinski definition) is 0. The van der Waals surface area contributed by atoms with Crippen molar-refractivity contribution < 1.29 is 14.1 Å². The van der Waals surface area contributed by atoms with Crippen molar-refractivity contribution in [3.8, 4) is 0 Å². The highest BCUT2D eigenvalue weighted by atomic mass is 19.1. The summed E-state index contributed by atoms with van der Waals surface area (Å²) in [7, 11) is 0. The molecule has 0 bridgehead atoms. The molecule has 2 aromatic rings. The predicted molar refractivity (Wildman–Crippen MR) is 72.0 cm³/mol. The number of benzene rings is 1. The fraction of sp³-hybridized carbons (Fsp3) is 0.286. The summed E-state index contributed by atoms with van der Waals surface area (Å²) < 4.78 is 14.0. The normalized spacial score (nSPS) is 10.7. The van der Waals surface area contributed by atoms with Gasteiger partial charge in [-0.3, -0.25) is 19.9 Å². The molecule has 0 aliphatic heterocycles. The van der Waals surface area contributed by atoms with Crippen LogP contribution in [0.3, 0.4) is 0 Å². The summed E-state index contributed by atoms with van der Waals surface area (Å²) in [5.74, 6) is -0.862. The number of pyridine rings is 1. The molecule has 0 amide bonds. The highest BCUT2D eigenvalue weighted by molar-refractivity contribution is 5.93. The Morgan fingerprint density at radius 3 is 2.90 bits per heavy atom. The molecule has 1 heterocycles. The monoisotopic (exact) mass is 276 g/mol. The van der Waals surface area contributed by atoms with Gasteiger partial charge in [-0.15, -0.1) is 0 Å². The molecule has 0 aliphatic rings. The Kier molecular flexibility index (Phi) is 4.02. The van der Waals surface area contributed by atoms with Crippen LogP contribution < -0.4 is 0 Å². The quantitative estimate of drug-likeness (QED) is 0.621. The van der Waals surface area contributed by atoms with Gasteiger partial charge in [0.1, 0.15) is 11.6 Å². The maximum Gasteiger partial charge on any atom is 0.281 e. The SMILES string of the molecule is CCCC(=O)Cc1c(F)cc([N+](=O)[O-])c2cccnc12. The Labute approximate surface area is 114 Å². The number of rotatable bonds is 5. The van der Waals surface area contributed by atoms with E-state index in [4.69, 9.17) is 0 Å². The van der Waals surface area contributed by atoms with E-state index in [2.05, 4.69) is 4.98 Å². The van der Waals surface area contributed by atoms with Crippen LogP contribution in [0.4, 0.5) is 10.1 Å². The zero-order valence-corrected chi connectivity index (χ0v) is 10.9. The number of carbonyl (C=O) groups is 1. The van der Waals surface area contributed by atoms with Gasteiger partial charge >= 0.3 is 0 Å². The summed E-state index contributed by atoms with van der Waals surface area (Å²) in [6, 6.07) is 3.91. The molecule has 20 heavy (non-hydrogen) atoms. The first-order chi connectivity index (χ1) is 9.54. The number of fused-ring (bicyclic) bond motifs is 1. The number of nitrogens with zero attached hydrogens (tertiary/aromatic N) is 2. The minimum Gasteiger partial charge on any atom is -0.299 e. The van der Waals surface area contributed by atoms with Crippen molar-refractivity contribution in [3.63, 3.8) is 0 Å². The lowest BCUT2D eigenvalue weighted by Gasteiger charge is -2.07. The fourth-order valence-electron chi connectivity index (χ4n) is 2.13. The number of carbonyl (C=O) groups excluding carboxylic acids is 1. The van der Waals surface area contributed by atoms with Crippen molar-refractivity contribution in [2.45, 2.75) is 26.2 Å². The highest BCUT2D eigenvalue weighted by Crippen LogP contribution is 2.29. The van der Waals surface area contributed by atoms with Crippen molar-refractivity contribution in [1.29, 1.82) is 0 Å². The van der Waals surface area contributed by atoms with E-state index in [1.165, 1.54) is 12.3 Å². The van der Waals surface area contributed by atoms with Gasteiger partial charge in [0, 0.05) is 24.6 Å². The van der Waals surface area contributed by atoms with E-state index >= 15 is 0 Å². The van der Waals surface area contributed by atoms with Crippen molar-refractivity contribution in [2.75, 3.05) is 0 Å². The zero-order chi connectivity index (χ0) is 14.7. The third-order valence-electron chi connectivity index (χ3n) is 3.02. The number of nitro benzene ring substituents is 1. The maximum atomic E-state index is 14.0. The van der Waals surface area contributed by atoms with Crippen LogP contribution in [-0.4, -0.2) is 15.7 Å². The topological polar surface area (TPSA) is 73.1 Å². The summed E-state index contributed by atoms with van der Waals surface area (Å²) in [4.78, 5) is 26.0.